The van der Waals surface area contributed by atoms with Crippen LogP contribution in [0.2, 0.25) is 0 Å². The van der Waals surface area contributed by atoms with Gasteiger partial charge in [-0.2, -0.15) is 5.10 Å². The van der Waals surface area contributed by atoms with Gasteiger partial charge < -0.3 is 10.6 Å². The van der Waals surface area contributed by atoms with Gasteiger partial charge in [0.15, 0.2) is 0 Å². The third-order valence-electron chi connectivity index (χ3n) is 3.33. The molecule has 0 radical (unpaired) electrons. The van der Waals surface area contributed by atoms with Gasteiger partial charge in [-0.05, 0) is 26.3 Å². The number of likely N-dealkylation sites (tertiary alicyclic amines) is 1. The fraction of sp³-hybridized carbons (Fsp3) is 0.727. The van der Waals surface area contributed by atoms with Crippen LogP contribution in [-0.2, 0) is 0 Å². The van der Waals surface area contributed by atoms with E-state index < -0.39 is 0 Å². The lowest BCUT2D eigenvalue weighted by Gasteiger charge is -2.31. The van der Waals surface area contributed by atoms with Crippen LogP contribution in [0.25, 0.3) is 0 Å². The van der Waals surface area contributed by atoms with Gasteiger partial charge in [0.05, 0.1) is 17.4 Å². The molecule has 1 fully saturated rings. The highest BCUT2D eigenvalue weighted by Gasteiger charge is 2.20. The smallest absolute Gasteiger partial charge is 0.0823 e. The van der Waals surface area contributed by atoms with E-state index in [1.165, 1.54) is 25.9 Å². The molecule has 1 aliphatic rings. The van der Waals surface area contributed by atoms with E-state index in [2.05, 4.69) is 21.6 Å². The summed E-state index contributed by atoms with van der Waals surface area (Å²) in [4.78, 5) is 2.48. The maximum Gasteiger partial charge on any atom is 0.0823 e. The summed E-state index contributed by atoms with van der Waals surface area (Å²) < 4.78 is 2.05. The molecule has 0 aromatic carbocycles. The zero-order valence-corrected chi connectivity index (χ0v) is 9.61. The number of nitrogens with two attached hydrogens (primary N) is 1. The lowest BCUT2D eigenvalue weighted by Crippen LogP contribution is -2.34. The average molecular weight is 208 g/mol. The van der Waals surface area contributed by atoms with Crippen molar-refractivity contribution < 1.29 is 0 Å². The highest BCUT2D eigenvalue weighted by molar-refractivity contribution is 5.39. The molecule has 1 aromatic heterocycles. The van der Waals surface area contributed by atoms with Crippen LogP contribution in [0.15, 0.2) is 6.20 Å². The van der Waals surface area contributed by atoms with E-state index in [0.29, 0.717) is 6.04 Å². The molecule has 84 valence electrons. The standard InChI is InChI=1S/C11H20N4/c1-3-14-6-4-10(5-7-14)15-8-11(12)9(2)13-15/h8,10H,3-7,12H2,1-2H3. The van der Waals surface area contributed by atoms with E-state index in [1.54, 1.807) is 0 Å². The maximum absolute atomic E-state index is 5.81. The fourth-order valence-electron chi connectivity index (χ4n) is 2.18. The van der Waals surface area contributed by atoms with E-state index in [9.17, 15) is 0 Å². The highest BCUT2D eigenvalue weighted by Crippen LogP contribution is 2.23. The number of aromatic nitrogens is 2. The van der Waals surface area contributed by atoms with Crippen molar-refractivity contribution in [2.75, 3.05) is 25.4 Å². The van der Waals surface area contributed by atoms with Crippen LogP contribution in [0.1, 0.15) is 31.5 Å². The van der Waals surface area contributed by atoms with Crippen LogP contribution < -0.4 is 5.73 Å². The van der Waals surface area contributed by atoms with Crippen molar-refractivity contribution in [2.24, 2.45) is 0 Å². The molecule has 0 bridgehead atoms. The normalized spacial score (nSPS) is 19.6. The average Bonchev–Trinajstić information content (AvgIpc) is 2.59. The van der Waals surface area contributed by atoms with Crippen molar-refractivity contribution in [1.29, 1.82) is 0 Å². The predicted octanol–water partition coefficient (Wildman–Crippen LogP) is 1.43. The van der Waals surface area contributed by atoms with Gasteiger partial charge in [0.1, 0.15) is 0 Å². The number of rotatable bonds is 2. The Kier molecular flexibility index (Phi) is 2.95. The lowest BCUT2D eigenvalue weighted by atomic mass is 10.1. The molecule has 0 saturated carbocycles. The Morgan fingerprint density at radius 3 is 2.60 bits per heavy atom. The first-order valence-corrected chi connectivity index (χ1v) is 5.74. The van der Waals surface area contributed by atoms with Gasteiger partial charge in [0, 0.05) is 19.3 Å². The molecule has 2 N–H and O–H groups in total. The molecule has 2 rings (SSSR count). The van der Waals surface area contributed by atoms with Crippen molar-refractivity contribution in [1.82, 2.24) is 14.7 Å². The Hall–Kier alpha value is -1.03. The van der Waals surface area contributed by atoms with Gasteiger partial charge >= 0.3 is 0 Å². The Morgan fingerprint density at radius 2 is 2.13 bits per heavy atom. The SMILES string of the molecule is CCN1CCC(n2cc(N)c(C)n2)CC1. The summed E-state index contributed by atoms with van der Waals surface area (Å²) in [5.41, 5.74) is 7.57. The minimum atomic E-state index is 0.545. The van der Waals surface area contributed by atoms with E-state index in [0.717, 1.165) is 17.9 Å². The molecule has 1 aliphatic heterocycles. The van der Waals surface area contributed by atoms with Crippen LogP contribution in [0.4, 0.5) is 5.69 Å². The minimum absolute atomic E-state index is 0.545. The molecular formula is C11H20N4. The second kappa shape index (κ2) is 4.23. The Morgan fingerprint density at radius 1 is 1.47 bits per heavy atom. The first-order valence-electron chi connectivity index (χ1n) is 5.74. The van der Waals surface area contributed by atoms with Crippen LogP contribution in [0, 0.1) is 6.92 Å². The van der Waals surface area contributed by atoms with Crippen LogP contribution in [-0.4, -0.2) is 34.3 Å². The molecule has 4 nitrogen and oxygen atoms in total. The van der Waals surface area contributed by atoms with Gasteiger partial charge in [-0.15, -0.1) is 0 Å². The largest absolute Gasteiger partial charge is 0.396 e. The molecule has 0 aliphatic carbocycles. The summed E-state index contributed by atoms with van der Waals surface area (Å²) >= 11 is 0. The number of hydrogen-bond donors (Lipinski definition) is 1. The first kappa shape index (κ1) is 10.5. The third kappa shape index (κ3) is 2.15. The highest BCUT2D eigenvalue weighted by atomic mass is 15.3. The molecule has 0 unspecified atom stereocenters. The van der Waals surface area contributed by atoms with E-state index in [4.69, 9.17) is 5.73 Å². The molecule has 0 amide bonds. The number of nitrogens with zero attached hydrogens (tertiary/aromatic N) is 3. The molecule has 15 heavy (non-hydrogen) atoms. The van der Waals surface area contributed by atoms with E-state index in [-0.39, 0.29) is 0 Å². The van der Waals surface area contributed by atoms with E-state index >= 15 is 0 Å². The Bertz CT molecular complexity index is 304. The topological polar surface area (TPSA) is 47.1 Å². The van der Waals surface area contributed by atoms with Crippen molar-refractivity contribution in [3.05, 3.63) is 11.9 Å². The number of piperidine rings is 1. The summed E-state index contributed by atoms with van der Waals surface area (Å²) in [7, 11) is 0. The summed E-state index contributed by atoms with van der Waals surface area (Å²) in [5.74, 6) is 0. The van der Waals surface area contributed by atoms with Crippen molar-refractivity contribution in [2.45, 2.75) is 32.7 Å². The zero-order chi connectivity index (χ0) is 10.8. The second-order valence-corrected chi connectivity index (χ2v) is 4.32. The van der Waals surface area contributed by atoms with Gasteiger partial charge in [0.25, 0.3) is 0 Å². The van der Waals surface area contributed by atoms with Crippen molar-refractivity contribution >= 4 is 5.69 Å². The molecule has 0 atom stereocenters. The molecule has 1 aromatic rings. The third-order valence-corrected chi connectivity index (χ3v) is 3.33. The van der Waals surface area contributed by atoms with Crippen molar-refractivity contribution in [3.63, 3.8) is 0 Å². The Balaban J connectivity index is 2.01. The molecule has 2 heterocycles. The number of hydrogen-bond acceptors (Lipinski definition) is 3. The lowest BCUT2D eigenvalue weighted by molar-refractivity contribution is 0.187. The van der Waals surface area contributed by atoms with E-state index in [1.807, 2.05) is 13.1 Å². The number of aryl methyl sites for hydroxylation is 1. The molecular weight excluding hydrogens is 188 g/mol. The predicted molar refractivity (Wildman–Crippen MR) is 61.8 cm³/mol. The molecule has 4 heteroatoms. The van der Waals surface area contributed by atoms with Crippen LogP contribution in [0.5, 0.6) is 0 Å². The monoisotopic (exact) mass is 208 g/mol. The second-order valence-electron chi connectivity index (χ2n) is 4.32. The minimum Gasteiger partial charge on any atom is -0.396 e. The Labute approximate surface area is 91.1 Å². The zero-order valence-electron chi connectivity index (χ0n) is 9.61. The summed E-state index contributed by atoms with van der Waals surface area (Å²) in [6.07, 6.45) is 4.35. The van der Waals surface area contributed by atoms with Gasteiger partial charge in [-0.25, -0.2) is 0 Å². The number of nitrogen functional groups attached to an aromatic ring is 1. The number of anilines is 1. The van der Waals surface area contributed by atoms with Gasteiger partial charge in [-0.1, -0.05) is 6.92 Å². The first-order chi connectivity index (χ1) is 7.20. The quantitative estimate of drug-likeness (QED) is 0.799. The van der Waals surface area contributed by atoms with Gasteiger partial charge in [0.2, 0.25) is 0 Å². The fourth-order valence-corrected chi connectivity index (χ4v) is 2.18. The molecule has 0 spiro atoms. The summed E-state index contributed by atoms with van der Waals surface area (Å²) in [6, 6.07) is 0.545. The van der Waals surface area contributed by atoms with Gasteiger partial charge in [-0.3, -0.25) is 4.68 Å². The van der Waals surface area contributed by atoms with Crippen LogP contribution in [0.3, 0.4) is 0 Å². The summed E-state index contributed by atoms with van der Waals surface area (Å²) in [6.45, 7) is 7.70. The summed E-state index contributed by atoms with van der Waals surface area (Å²) in [5, 5.41) is 4.46. The van der Waals surface area contributed by atoms with Crippen molar-refractivity contribution in [3.8, 4) is 0 Å². The molecule has 1 saturated heterocycles. The maximum atomic E-state index is 5.81. The van der Waals surface area contributed by atoms with Crippen LogP contribution >= 0.6 is 0 Å².